The van der Waals surface area contributed by atoms with Crippen LogP contribution in [0, 0.1) is 0 Å². The molecule has 0 fully saturated rings. The Bertz CT molecular complexity index is 1180. The zero-order valence-corrected chi connectivity index (χ0v) is 37.9. The molecule has 0 aromatic rings. The number of phosphoric acid groups is 1. The zero-order chi connectivity index (χ0) is 42.0. The summed E-state index contributed by atoms with van der Waals surface area (Å²) in [5.41, 5.74) is 0. The predicted molar refractivity (Wildman–Crippen MR) is 242 cm³/mol. The molecule has 1 N–H and O–H groups in total. The van der Waals surface area contributed by atoms with E-state index in [0.29, 0.717) is 24.1 Å². The summed E-state index contributed by atoms with van der Waals surface area (Å²) in [6.45, 7) is 5.32. The molecule has 0 bridgehead atoms. The molecule has 0 rings (SSSR count). The number of allylic oxidation sites excluding steroid dienone is 13. The smallest absolute Gasteiger partial charge is 0.457 e. The lowest BCUT2D eigenvalue weighted by atomic mass is 10.1. The Morgan fingerprint density at radius 2 is 1.02 bits per heavy atom. The van der Waals surface area contributed by atoms with Crippen LogP contribution in [0.2, 0.25) is 0 Å². The molecule has 0 aromatic carbocycles. The lowest BCUT2D eigenvalue weighted by Crippen LogP contribution is -2.37. The van der Waals surface area contributed by atoms with Crippen molar-refractivity contribution >= 4 is 13.8 Å². The number of rotatable bonds is 40. The summed E-state index contributed by atoms with van der Waals surface area (Å²) in [7, 11) is 1.60. The van der Waals surface area contributed by atoms with Gasteiger partial charge < -0.3 is 18.9 Å². The Kier molecular flexibility index (Phi) is 38.8. The average Bonchev–Trinajstić information content (AvgIpc) is 3.16. The van der Waals surface area contributed by atoms with E-state index in [0.717, 1.165) is 44.9 Å². The Morgan fingerprint density at radius 1 is 0.561 bits per heavy atom. The molecule has 9 heteroatoms. The van der Waals surface area contributed by atoms with Gasteiger partial charge in [0.05, 0.1) is 40.8 Å². The van der Waals surface area contributed by atoms with E-state index in [-0.39, 0.29) is 26.2 Å². The number of phosphoric ester groups is 1. The first-order chi connectivity index (χ1) is 27.6. The summed E-state index contributed by atoms with van der Waals surface area (Å²) >= 11 is 0. The Labute approximate surface area is 350 Å². The highest BCUT2D eigenvalue weighted by atomic mass is 31.2. The summed E-state index contributed by atoms with van der Waals surface area (Å²) in [6.07, 6.45) is 53.7. The van der Waals surface area contributed by atoms with Gasteiger partial charge in [0.15, 0.2) is 0 Å². The van der Waals surface area contributed by atoms with Crippen LogP contribution in [0.15, 0.2) is 85.1 Å². The second-order valence-corrected chi connectivity index (χ2v) is 17.2. The van der Waals surface area contributed by atoms with E-state index >= 15 is 0 Å². The number of hydrogen-bond donors (Lipinski definition) is 1. The maximum atomic E-state index is 12.6. The highest BCUT2D eigenvalue weighted by molar-refractivity contribution is 7.47. The Balaban J connectivity index is 4.33. The SMILES string of the molecule is CC/C=C\C/C=C\C/C=C\C/C=C\C/C=C\CC(=O)OC(COCCCCCCCCCCCC/C=C\C/C=C\CCCCC)COP(=O)(O)OCC[N+](C)(C)C. The molecule has 0 aliphatic heterocycles. The lowest BCUT2D eigenvalue weighted by molar-refractivity contribution is -0.870. The third kappa shape index (κ3) is 44.6. The van der Waals surface area contributed by atoms with Crippen molar-refractivity contribution in [2.75, 3.05) is 54.1 Å². The maximum Gasteiger partial charge on any atom is 0.472 e. The number of unbranched alkanes of at least 4 members (excludes halogenated alkanes) is 13. The molecule has 0 aliphatic rings. The van der Waals surface area contributed by atoms with Crippen molar-refractivity contribution < 1.29 is 37.3 Å². The van der Waals surface area contributed by atoms with Crippen LogP contribution in [0.4, 0.5) is 0 Å². The minimum Gasteiger partial charge on any atom is -0.457 e. The fourth-order valence-electron chi connectivity index (χ4n) is 5.54. The molecule has 8 nitrogen and oxygen atoms in total. The van der Waals surface area contributed by atoms with Gasteiger partial charge in [0.1, 0.15) is 19.3 Å². The molecule has 0 aromatic heterocycles. The number of ether oxygens (including phenoxy) is 2. The zero-order valence-electron chi connectivity index (χ0n) is 37.0. The van der Waals surface area contributed by atoms with Crippen LogP contribution in [-0.2, 0) is 27.9 Å². The fraction of sp³-hybridized carbons (Fsp3) is 0.688. The number of carbonyl (C=O) groups excluding carboxylic acids is 1. The van der Waals surface area contributed by atoms with Crippen LogP contribution in [0.1, 0.15) is 155 Å². The predicted octanol–water partition coefficient (Wildman–Crippen LogP) is 13.3. The number of hydrogen-bond acceptors (Lipinski definition) is 6. The van der Waals surface area contributed by atoms with Gasteiger partial charge in [0, 0.05) is 6.61 Å². The van der Waals surface area contributed by atoms with Gasteiger partial charge in [-0.15, -0.1) is 0 Å². The van der Waals surface area contributed by atoms with Crippen molar-refractivity contribution in [2.24, 2.45) is 0 Å². The van der Waals surface area contributed by atoms with E-state index in [2.05, 4.69) is 86.8 Å². The normalized spacial score (nSPS) is 14.6. The Hall–Kier alpha value is -2.32. The minimum absolute atomic E-state index is 0.0673. The summed E-state index contributed by atoms with van der Waals surface area (Å²) < 4.78 is 34.9. The van der Waals surface area contributed by atoms with E-state index in [9.17, 15) is 14.3 Å². The highest BCUT2D eigenvalue weighted by Gasteiger charge is 2.26. The van der Waals surface area contributed by atoms with Gasteiger partial charge in [-0.1, -0.05) is 163 Å². The molecule has 0 radical (unpaired) electrons. The van der Waals surface area contributed by atoms with Crippen LogP contribution in [-0.4, -0.2) is 75.6 Å². The molecule has 57 heavy (non-hydrogen) atoms. The minimum atomic E-state index is -4.31. The first-order valence-electron chi connectivity index (χ1n) is 22.3. The summed E-state index contributed by atoms with van der Waals surface area (Å²) in [4.78, 5) is 22.8. The number of esters is 1. The molecule has 0 saturated heterocycles. The van der Waals surface area contributed by atoms with Gasteiger partial charge in [-0.2, -0.15) is 0 Å². The van der Waals surface area contributed by atoms with Gasteiger partial charge in [0.2, 0.25) is 0 Å². The third-order valence-electron chi connectivity index (χ3n) is 8.97. The van der Waals surface area contributed by atoms with E-state index < -0.39 is 19.9 Å². The van der Waals surface area contributed by atoms with Crippen LogP contribution in [0.3, 0.4) is 0 Å². The topological polar surface area (TPSA) is 91.3 Å². The monoisotopic (exact) mass is 819 g/mol. The molecule has 0 saturated carbocycles. The van der Waals surface area contributed by atoms with Gasteiger partial charge in [0.25, 0.3) is 0 Å². The van der Waals surface area contributed by atoms with Crippen molar-refractivity contribution in [3.8, 4) is 0 Å². The van der Waals surface area contributed by atoms with Crippen molar-refractivity contribution in [3.63, 3.8) is 0 Å². The average molecular weight is 819 g/mol. The van der Waals surface area contributed by atoms with Gasteiger partial charge in [-0.3, -0.25) is 13.8 Å². The fourth-order valence-corrected chi connectivity index (χ4v) is 6.28. The molecule has 0 amide bonds. The second kappa shape index (κ2) is 40.5. The van der Waals surface area contributed by atoms with Gasteiger partial charge in [-0.25, -0.2) is 4.57 Å². The standard InChI is InChI=1S/C48H84NO7P/c1-6-8-10-12-14-16-18-20-22-23-24-25-26-28-30-32-34-36-38-40-43-53-45-47(46-55-57(51,52)54-44-42-49(3,4)5)56-48(50)41-39-37-35-33-31-29-27-21-19-17-15-13-11-9-7-2/h9,11,14-17,20-22,27,31,33,37,39,47H,6-8,10,12-13,18-19,23-26,28-30,32,34-36,38,40-46H2,1-5H3/p+1/b11-9-,16-14-,17-15-,22-20-,27-21-,33-31-,39-37-. The summed E-state index contributed by atoms with van der Waals surface area (Å²) in [5, 5.41) is 0. The molecule has 0 aliphatic carbocycles. The third-order valence-corrected chi connectivity index (χ3v) is 9.96. The number of likely N-dealkylation sites (N-methyl/N-ethyl adjacent to an activating group) is 1. The van der Waals surface area contributed by atoms with Crippen molar-refractivity contribution in [2.45, 2.75) is 161 Å². The van der Waals surface area contributed by atoms with E-state index in [4.69, 9.17) is 18.5 Å². The van der Waals surface area contributed by atoms with E-state index in [1.807, 2.05) is 27.2 Å². The molecule has 328 valence electrons. The molecular weight excluding hydrogens is 734 g/mol. The number of carbonyl (C=O) groups is 1. The first kappa shape index (κ1) is 54.7. The molecular formula is C48H85NO7P+. The molecule has 0 spiro atoms. The van der Waals surface area contributed by atoms with Gasteiger partial charge >= 0.3 is 13.8 Å². The van der Waals surface area contributed by atoms with Gasteiger partial charge in [-0.05, 0) is 70.6 Å². The van der Waals surface area contributed by atoms with Crippen LogP contribution >= 0.6 is 7.82 Å². The molecule has 0 heterocycles. The quantitative estimate of drug-likeness (QED) is 0.0216. The largest absolute Gasteiger partial charge is 0.472 e. The second-order valence-electron chi connectivity index (χ2n) is 15.7. The maximum absolute atomic E-state index is 12.6. The van der Waals surface area contributed by atoms with E-state index in [1.54, 1.807) is 6.08 Å². The Morgan fingerprint density at radius 3 is 1.53 bits per heavy atom. The summed E-state index contributed by atoms with van der Waals surface area (Å²) in [5.74, 6) is -0.444. The number of nitrogens with zero attached hydrogens (tertiary/aromatic N) is 1. The lowest BCUT2D eigenvalue weighted by Gasteiger charge is -2.24. The highest BCUT2D eigenvalue weighted by Crippen LogP contribution is 2.43. The summed E-state index contributed by atoms with van der Waals surface area (Å²) in [6, 6.07) is 0. The molecule has 2 unspecified atom stereocenters. The molecule has 2 atom stereocenters. The van der Waals surface area contributed by atoms with Crippen molar-refractivity contribution in [1.29, 1.82) is 0 Å². The van der Waals surface area contributed by atoms with Crippen molar-refractivity contribution in [3.05, 3.63) is 85.1 Å². The van der Waals surface area contributed by atoms with Crippen LogP contribution in [0.25, 0.3) is 0 Å². The van der Waals surface area contributed by atoms with Crippen molar-refractivity contribution in [1.82, 2.24) is 0 Å². The van der Waals surface area contributed by atoms with E-state index in [1.165, 1.54) is 83.5 Å². The van der Waals surface area contributed by atoms with Crippen LogP contribution in [0.5, 0.6) is 0 Å². The first-order valence-corrected chi connectivity index (χ1v) is 23.8. The van der Waals surface area contributed by atoms with Crippen LogP contribution < -0.4 is 0 Å². The number of quaternary nitrogens is 1.